The molecule has 0 radical (unpaired) electrons. The minimum absolute atomic E-state index is 0.860. The monoisotopic (exact) mass is 536 g/mol. The third kappa shape index (κ3) is 3.45. The van der Waals surface area contributed by atoms with Crippen molar-refractivity contribution >= 4 is 54.6 Å². The summed E-state index contributed by atoms with van der Waals surface area (Å²) < 4.78 is 13.4. The second-order valence-electron chi connectivity index (χ2n) is 10.9. The quantitative estimate of drug-likeness (QED) is 0.224. The minimum atomic E-state index is 0.860. The molecule has 0 atom stereocenters. The molecule has 0 bridgehead atoms. The molecule has 2 heteroatoms. The summed E-state index contributed by atoms with van der Waals surface area (Å²) in [7, 11) is 0. The Morgan fingerprint density at radius 3 is 1.71 bits per heavy atom. The van der Waals surface area contributed by atoms with Crippen LogP contribution in [-0.4, -0.2) is 0 Å². The summed E-state index contributed by atoms with van der Waals surface area (Å²) in [5.41, 5.74) is 10.4. The van der Waals surface area contributed by atoms with Crippen LogP contribution in [0, 0.1) is 0 Å². The van der Waals surface area contributed by atoms with Crippen LogP contribution in [0.15, 0.2) is 154 Å². The predicted molar refractivity (Wildman–Crippen MR) is 175 cm³/mol. The van der Waals surface area contributed by atoms with E-state index in [1.807, 2.05) is 6.07 Å². The lowest BCUT2D eigenvalue weighted by molar-refractivity contribution is 0.664. The SMILES string of the molecule is c1ccc(-c2ccc3oc4c(-c5cccc6ccccc56)c5c(cc4c3c2)oc2ccc(-c3ccccc3)cc25)cc1. The number of hydrogen-bond donors (Lipinski definition) is 0. The Balaban J connectivity index is 1.43. The summed E-state index contributed by atoms with van der Waals surface area (Å²) in [5, 5.41) is 6.68. The number of benzene rings is 7. The fourth-order valence-electron chi connectivity index (χ4n) is 6.49. The van der Waals surface area contributed by atoms with Crippen molar-refractivity contribution in [3.8, 4) is 33.4 Å². The van der Waals surface area contributed by atoms with E-state index >= 15 is 0 Å². The minimum Gasteiger partial charge on any atom is -0.456 e. The van der Waals surface area contributed by atoms with Gasteiger partial charge >= 0.3 is 0 Å². The zero-order valence-corrected chi connectivity index (χ0v) is 22.7. The molecular formula is C40H24O2. The lowest BCUT2D eigenvalue weighted by Crippen LogP contribution is -1.85. The maximum absolute atomic E-state index is 6.78. The first-order valence-corrected chi connectivity index (χ1v) is 14.3. The van der Waals surface area contributed by atoms with Crippen LogP contribution >= 0.6 is 0 Å². The summed E-state index contributed by atoms with van der Waals surface area (Å²) in [6.07, 6.45) is 0. The Morgan fingerprint density at radius 2 is 0.976 bits per heavy atom. The fourth-order valence-corrected chi connectivity index (χ4v) is 6.49. The number of furan rings is 2. The molecule has 0 aliphatic carbocycles. The van der Waals surface area contributed by atoms with Crippen LogP contribution in [0.3, 0.4) is 0 Å². The highest BCUT2D eigenvalue weighted by atomic mass is 16.3. The van der Waals surface area contributed by atoms with Gasteiger partial charge in [-0.2, -0.15) is 0 Å². The summed E-state index contributed by atoms with van der Waals surface area (Å²) in [5.74, 6) is 0. The molecular weight excluding hydrogens is 512 g/mol. The zero-order chi connectivity index (χ0) is 27.6. The van der Waals surface area contributed by atoms with Crippen molar-refractivity contribution in [3.63, 3.8) is 0 Å². The second-order valence-corrected chi connectivity index (χ2v) is 10.9. The molecule has 0 saturated heterocycles. The molecule has 2 nitrogen and oxygen atoms in total. The largest absolute Gasteiger partial charge is 0.456 e. The Morgan fingerprint density at radius 1 is 0.357 bits per heavy atom. The van der Waals surface area contributed by atoms with Gasteiger partial charge in [0.25, 0.3) is 0 Å². The van der Waals surface area contributed by atoms with E-state index in [-0.39, 0.29) is 0 Å². The average Bonchev–Trinajstić information content (AvgIpc) is 3.61. The van der Waals surface area contributed by atoms with Crippen molar-refractivity contribution in [2.75, 3.05) is 0 Å². The van der Waals surface area contributed by atoms with Gasteiger partial charge in [0.05, 0.1) is 0 Å². The molecule has 2 heterocycles. The van der Waals surface area contributed by atoms with E-state index in [4.69, 9.17) is 8.83 Å². The van der Waals surface area contributed by atoms with Crippen molar-refractivity contribution in [1.82, 2.24) is 0 Å². The molecule has 9 aromatic rings. The molecule has 42 heavy (non-hydrogen) atoms. The Labute approximate surface area is 242 Å². The number of fused-ring (bicyclic) bond motifs is 7. The van der Waals surface area contributed by atoms with Gasteiger partial charge in [-0.3, -0.25) is 0 Å². The van der Waals surface area contributed by atoms with E-state index in [0.717, 1.165) is 66.1 Å². The van der Waals surface area contributed by atoms with Crippen LogP contribution in [0.25, 0.3) is 88.0 Å². The van der Waals surface area contributed by atoms with Crippen LogP contribution in [-0.2, 0) is 0 Å². The number of rotatable bonds is 3. The molecule has 7 aromatic carbocycles. The molecule has 0 aliphatic heterocycles. The van der Waals surface area contributed by atoms with Crippen LogP contribution in [0.5, 0.6) is 0 Å². The van der Waals surface area contributed by atoms with E-state index in [1.165, 1.54) is 21.9 Å². The van der Waals surface area contributed by atoms with Gasteiger partial charge in [-0.1, -0.05) is 115 Å². The van der Waals surface area contributed by atoms with E-state index in [0.29, 0.717) is 0 Å². The van der Waals surface area contributed by atoms with Gasteiger partial charge in [0.1, 0.15) is 22.3 Å². The van der Waals surface area contributed by atoms with Crippen LogP contribution in [0.1, 0.15) is 0 Å². The molecule has 9 rings (SSSR count). The lowest BCUT2D eigenvalue weighted by atomic mass is 9.92. The van der Waals surface area contributed by atoms with Crippen LogP contribution < -0.4 is 0 Å². The molecule has 0 spiro atoms. The molecule has 0 amide bonds. The Hall–Kier alpha value is -5.60. The van der Waals surface area contributed by atoms with Gasteiger partial charge in [-0.15, -0.1) is 0 Å². The van der Waals surface area contributed by atoms with E-state index < -0.39 is 0 Å². The lowest BCUT2D eigenvalue weighted by Gasteiger charge is -2.10. The van der Waals surface area contributed by atoms with Gasteiger partial charge < -0.3 is 8.83 Å². The predicted octanol–water partition coefficient (Wildman–Crippen LogP) is 11.6. The molecule has 0 saturated carbocycles. The van der Waals surface area contributed by atoms with Gasteiger partial charge in [0.15, 0.2) is 0 Å². The molecule has 196 valence electrons. The molecule has 2 aromatic heterocycles. The van der Waals surface area contributed by atoms with Gasteiger partial charge in [0.2, 0.25) is 0 Å². The third-order valence-corrected chi connectivity index (χ3v) is 8.47. The topological polar surface area (TPSA) is 26.3 Å². The third-order valence-electron chi connectivity index (χ3n) is 8.47. The van der Waals surface area contributed by atoms with Gasteiger partial charge in [-0.25, -0.2) is 0 Å². The standard InChI is InChI=1S/C40H24O2/c1-3-10-25(11-4-1)28-18-20-35-32(22-28)33-24-37-38(34-23-29(19-21-36(34)41-37)26-12-5-2-6-13-26)39(40(33)42-35)31-17-9-15-27-14-7-8-16-30(27)31/h1-24H. The highest BCUT2D eigenvalue weighted by Crippen LogP contribution is 2.47. The van der Waals surface area contributed by atoms with Crippen molar-refractivity contribution in [3.05, 3.63) is 146 Å². The highest BCUT2D eigenvalue weighted by Gasteiger charge is 2.22. The summed E-state index contributed by atoms with van der Waals surface area (Å²) in [6, 6.07) is 51.2. The summed E-state index contributed by atoms with van der Waals surface area (Å²) >= 11 is 0. The maximum atomic E-state index is 6.78. The maximum Gasteiger partial charge on any atom is 0.144 e. The molecule has 0 unspecified atom stereocenters. The summed E-state index contributed by atoms with van der Waals surface area (Å²) in [4.78, 5) is 0. The smallest absolute Gasteiger partial charge is 0.144 e. The zero-order valence-electron chi connectivity index (χ0n) is 22.7. The second kappa shape index (κ2) is 8.95. The highest BCUT2D eigenvalue weighted by molar-refractivity contribution is 6.25. The molecule has 0 aliphatic rings. The number of hydrogen-bond acceptors (Lipinski definition) is 2. The van der Waals surface area contributed by atoms with Crippen molar-refractivity contribution in [1.29, 1.82) is 0 Å². The first-order valence-electron chi connectivity index (χ1n) is 14.3. The Kier molecular flexibility index (Phi) is 4.93. The van der Waals surface area contributed by atoms with Crippen molar-refractivity contribution in [2.45, 2.75) is 0 Å². The van der Waals surface area contributed by atoms with Gasteiger partial charge in [0, 0.05) is 27.1 Å². The van der Waals surface area contributed by atoms with Crippen LogP contribution in [0.4, 0.5) is 0 Å². The van der Waals surface area contributed by atoms with Gasteiger partial charge in [-0.05, 0) is 68.9 Å². The fraction of sp³-hybridized carbons (Fsp3) is 0. The average molecular weight is 537 g/mol. The van der Waals surface area contributed by atoms with Crippen LogP contribution in [0.2, 0.25) is 0 Å². The first kappa shape index (κ1) is 23.1. The summed E-state index contributed by atoms with van der Waals surface area (Å²) in [6.45, 7) is 0. The normalized spacial score (nSPS) is 11.8. The molecule has 0 fully saturated rings. The molecule has 0 N–H and O–H groups in total. The van der Waals surface area contributed by atoms with Crippen molar-refractivity contribution in [2.24, 2.45) is 0 Å². The van der Waals surface area contributed by atoms with E-state index in [2.05, 4.69) is 140 Å². The van der Waals surface area contributed by atoms with E-state index in [9.17, 15) is 0 Å². The van der Waals surface area contributed by atoms with E-state index in [1.54, 1.807) is 0 Å². The van der Waals surface area contributed by atoms with Crippen molar-refractivity contribution < 1.29 is 8.83 Å². The first-order chi connectivity index (χ1) is 20.8. The Bertz CT molecular complexity index is 2430.